The molecule has 3 heteroatoms. The maximum Gasteiger partial charge on any atom is 0.0584 e. The summed E-state index contributed by atoms with van der Waals surface area (Å²) in [6.45, 7) is 5.09. The van der Waals surface area contributed by atoms with Gasteiger partial charge in [0.1, 0.15) is 0 Å². The Kier molecular flexibility index (Phi) is 4.59. The molecule has 0 amide bonds. The van der Waals surface area contributed by atoms with E-state index in [1.807, 2.05) is 18.2 Å². The monoisotopic (exact) mass is 193 g/mol. The minimum Gasteiger partial charge on any atom is -0.313 e. The van der Waals surface area contributed by atoms with E-state index >= 15 is 0 Å². The lowest BCUT2D eigenvalue weighted by atomic mass is 10.1. The minimum atomic E-state index is 0.179. The molecule has 0 aromatic heterocycles. The van der Waals surface area contributed by atoms with Crippen LogP contribution in [0, 0.1) is 0 Å². The van der Waals surface area contributed by atoms with Crippen LogP contribution in [0.2, 0.25) is 0 Å². The highest BCUT2D eigenvalue weighted by atomic mass is 15.2. The average Bonchev–Trinajstić information content (AvgIpc) is 2.20. The molecule has 14 heavy (non-hydrogen) atoms. The molecule has 0 fully saturated rings. The molecule has 0 radical (unpaired) electrons. The number of hydrogen-bond donors (Lipinski definition) is 3. The van der Waals surface area contributed by atoms with Crippen LogP contribution in [-0.4, -0.2) is 12.6 Å². The van der Waals surface area contributed by atoms with Gasteiger partial charge in [0.25, 0.3) is 0 Å². The van der Waals surface area contributed by atoms with Crippen molar-refractivity contribution >= 4 is 0 Å². The summed E-state index contributed by atoms with van der Waals surface area (Å²) < 4.78 is 0. The average molecular weight is 193 g/mol. The van der Waals surface area contributed by atoms with Gasteiger partial charge in [-0.15, -0.1) is 0 Å². The molecular formula is C11H19N3. The lowest BCUT2D eigenvalue weighted by Crippen LogP contribution is -2.38. The van der Waals surface area contributed by atoms with Gasteiger partial charge in [0, 0.05) is 12.6 Å². The Labute approximate surface area is 85.7 Å². The highest BCUT2D eigenvalue weighted by Crippen LogP contribution is 2.09. The molecule has 4 N–H and O–H groups in total. The molecule has 0 aliphatic rings. The van der Waals surface area contributed by atoms with Crippen LogP contribution < -0.4 is 16.6 Å². The Hall–Kier alpha value is -0.900. The zero-order chi connectivity index (χ0) is 10.4. The van der Waals surface area contributed by atoms with Gasteiger partial charge in [-0.05, 0) is 5.56 Å². The van der Waals surface area contributed by atoms with E-state index in [4.69, 9.17) is 5.84 Å². The molecule has 1 aromatic carbocycles. The van der Waals surface area contributed by atoms with Crippen LogP contribution in [0.1, 0.15) is 25.5 Å². The molecule has 0 heterocycles. The summed E-state index contributed by atoms with van der Waals surface area (Å²) >= 11 is 0. The Morgan fingerprint density at radius 1 is 1.21 bits per heavy atom. The molecule has 0 aliphatic heterocycles. The van der Waals surface area contributed by atoms with Gasteiger partial charge in [-0.2, -0.15) is 0 Å². The second kappa shape index (κ2) is 5.75. The smallest absolute Gasteiger partial charge is 0.0584 e. The van der Waals surface area contributed by atoms with Gasteiger partial charge < -0.3 is 5.32 Å². The maximum absolute atomic E-state index is 5.50. The molecule has 0 bridgehead atoms. The number of rotatable bonds is 5. The Morgan fingerprint density at radius 3 is 2.36 bits per heavy atom. The van der Waals surface area contributed by atoms with E-state index in [0.29, 0.717) is 6.04 Å². The molecular weight excluding hydrogens is 174 g/mol. The van der Waals surface area contributed by atoms with Crippen molar-refractivity contribution in [1.82, 2.24) is 10.7 Å². The summed E-state index contributed by atoms with van der Waals surface area (Å²) in [5.41, 5.74) is 4.02. The molecule has 1 aromatic rings. The molecule has 0 aliphatic carbocycles. The van der Waals surface area contributed by atoms with Crippen LogP contribution in [0.4, 0.5) is 0 Å². The lowest BCUT2D eigenvalue weighted by molar-refractivity contribution is 0.473. The normalized spacial score (nSPS) is 13.1. The minimum absolute atomic E-state index is 0.179. The summed E-state index contributed by atoms with van der Waals surface area (Å²) in [5.74, 6) is 5.50. The number of benzene rings is 1. The first-order chi connectivity index (χ1) is 6.74. The molecule has 78 valence electrons. The van der Waals surface area contributed by atoms with Crippen molar-refractivity contribution in [3.63, 3.8) is 0 Å². The third-order valence-electron chi connectivity index (χ3n) is 2.13. The molecule has 1 rings (SSSR count). The Balaban J connectivity index is 2.54. The predicted octanol–water partition coefficient (Wildman–Crippen LogP) is 1.19. The Morgan fingerprint density at radius 2 is 1.86 bits per heavy atom. The third kappa shape index (κ3) is 3.46. The summed E-state index contributed by atoms with van der Waals surface area (Å²) in [6, 6.07) is 10.9. The van der Waals surface area contributed by atoms with Gasteiger partial charge in [-0.25, -0.2) is 0 Å². The molecule has 0 saturated heterocycles. The van der Waals surface area contributed by atoms with Gasteiger partial charge in [0.2, 0.25) is 0 Å². The third-order valence-corrected chi connectivity index (χ3v) is 2.13. The first-order valence-corrected chi connectivity index (χ1v) is 4.98. The van der Waals surface area contributed by atoms with E-state index in [-0.39, 0.29) is 6.04 Å². The quantitative estimate of drug-likeness (QED) is 0.486. The van der Waals surface area contributed by atoms with Crippen molar-refractivity contribution in [1.29, 1.82) is 0 Å². The number of nitrogens with two attached hydrogens (primary N) is 1. The highest BCUT2D eigenvalue weighted by Gasteiger charge is 2.08. The van der Waals surface area contributed by atoms with E-state index in [1.54, 1.807) is 0 Å². The maximum atomic E-state index is 5.50. The topological polar surface area (TPSA) is 50.1 Å². The van der Waals surface area contributed by atoms with Gasteiger partial charge in [-0.1, -0.05) is 44.2 Å². The summed E-state index contributed by atoms with van der Waals surface area (Å²) in [4.78, 5) is 0. The molecule has 3 nitrogen and oxygen atoms in total. The molecule has 0 spiro atoms. The van der Waals surface area contributed by atoms with Crippen molar-refractivity contribution in [2.75, 3.05) is 6.54 Å². The fourth-order valence-electron chi connectivity index (χ4n) is 1.31. The van der Waals surface area contributed by atoms with E-state index in [1.165, 1.54) is 5.56 Å². The van der Waals surface area contributed by atoms with Crippen LogP contribution in [-0.2, 0) is 0 Å². The van der Waals surface area contributed by atoms with Gasteiger partial charge >= 0.3 is 0 Å². The lowest BCUT2D eigenvalue weighted by Gasteiger charge is -2.18. The van der Waals surface area contributed by atoms with Crippen LogP contribution in [0.3, 0.4) is 0 Å². The van der Waals surface area contributed by atoms with Gasteiger partial charge in [0.15, 0.2) is 0 Å². The van der Waals surface area contributed by atoms with Crippen LogP contribution in [0.25, 0.3) is 0 Å². The van der Waals surface area contributed by atoms with Gasteiger partial charge in [0.05, 0.1) is 6.04 Å². The largest absolute Gasteiger partial charge is 0.313 e. The van der Waals surface area contributed by atoms with Crippen molar-refractivity contribution in [2.45, 2.75) is 25.9 Å². The first kappa shape index (κ1) is 11.2. The number of hydrazine groups is 1. The van der Waals surface area contributed by atoms with E-state index in [9.17, 15) is 0 Å². The van der Waals surface area contributed by atoms with Crippen LogP contribution in [0.5, 0.6) is 0 Å². The zero-order valence-corrected chi connectivity index (χ0v) is 8.83. The fraction of sp³-hybridized carbons (Fsp3) is 0.455. The number of nitrogens with one attached hydrogen (secondary N) is 2. The Bertz CT molecular complexity index is 246. The molecule has 0 unspecified atom stereocenters. The highest BCUT2D eigenvalue weighted by molar-refractivity contribution is 5.18. The van der Waals surface area contributed by atoms with Crippen molar-refractivity contribution < 1.29 is 0 Å². The van der Waals surface area contributed by atoms with Crippen LogP contribution >= 0.6 is 0 Å². The standard InChI is InChI=1S/C11H19N3/c1-9(2)13-8-11(14-12)10-6-4-3-5-7-10/h3-7,9,11,13-14H,8,12H2,1-2H3/t11-/m1/s1. The first-order valence-electron chi connectivity index (χ1n) is 4.98. The van der Waals surface area contributed by atoms with Gasteiger partial charge in [-0.3, -0.25) is 11.3 Å². The van der Waals surface area contributed by atoms with Crippen molar-refractivity contribution in [3.8, 4) is 0 Å². The zero-order valence-electron chi connectivity index (χ0n) is 8.83. The second-order valence-electron chi connectivity index (χ2n) is 3.69. The molecule has 1 atom stereocenters. The summed E-state index contributed by atoms with van der Waals surface area (Å²) in [6.07, 6.45) is 0. The summed E-state index contributed by atoms with van der Waals surface area (Å²) in [7, 11) is 0. The summed E-state index contributed by atoms with van der Waals surface area (Å²) in [5, 5.41) is 3.35. The van der Waals surface area contributed by atoms with E-state index in [2.05, 4.69) is 36.7 Å². The van der Waals surface area contributed by atoms with E-state index in [0.717, 1.165) is 6.54 Å². The van der Waals surface area contributed by atoms with E-state index < -0.39 is 0 Å². The van der Waals surface area contributed by atoms with Crippen molar-refractivity contribution in [3.05, 3.63) is 35.9 Å². The van der Waals surface area contributed by atoms with Crippen LogP contribution in [0.15, 0.2) is 30.3 Å². The predicted molar refractivity (Wildman–Crippen MR) is 59.6 cm³/mol. The SMILES string of the molecule is CC(C)NC[C@@H](NN)c1ccccc1. The molecule has 0 saturated carbocycles. The second-order valence-corrected chi connectivity index (χ2v) is 3.69. The fourth-order valence-corrected chi connectivity index (χ4v) is 1.31. The number of hydrogen-bond acceptors (Lipinski definition) is 3. The van der Waals surface area contributed by atoms with Crippen molar-refractivity contribution in [2.24, 2.45) is 5.84 Å².